The van der Waals surface area contributed by atoms with Gasteiger partial charge in [-0.1, -0.05) is 0 Å². The van der Waals surface area contributed by atoms with Gasteiger partial charge in [0.2, 0.25) is 0 Å². The van der Waals surface area contributed by atoms with Crippen LogP contribution in [0.4, 0.5) is 5.69 Å². The second-order valence-electron chi connectivity index (χ2n) is 5.79. The van der Waals surface area contributed by atoms with E-state index in [1.54, 1.807) is 0 Å². The minimum absolute atomic E-state index is 0.727. The van der Waals surface area contributed by atoms with Crippen LogP contribution in [-0.2, 0) is 6.54 Å². The molecule has 2 aromatic carbocycles. The smallest absolute Gasteiger partial charge is 0.123 e. The third-order valence-electron chi connectivity index (χ3n) is 4.09. The predicted octanol–water partition coefficient (Wildman–Crippen LogP) is 2.64. The van der Waals surface area contributed by atoms with Crippen molar-refractivity contribution < 1.29 is 4.74 Å². The molecule has 0 aliphatic carbocycles. The van der Waals surface area contributed by atoms with Crippen LogP contribution < -0.4 is 10.5 Å². The van der Waals surface area contributed by atoms with Gasteiger partial charge in [-0.15, -0.1) is 0 Å². The van der Waals surface area contributed by atoms with E-state index in [9.17, 15) is 0 Å². The molecule has 3 aromatic rings. The third kappa shape index (κ3) is 2.19. The van der Waals surface area contributed by atoms with Crippen LogP contribution in [0.15, 0.2) is 36.4 Å². The molecule has 0 amide bonds. The van der Waals surface area contributed by atoms with Gasteiger partial charge in [-0.05, 0) is 43.4 Å². The summed E-state index contributed by atoms with van der Waals surface area (Å²) in [6.07, 6.45) is 0. The molecular formula is C17H18N4O. The fourth-order valence-corrected chi connectivity index (χ4v) is 2.92. The van der Waals surface area contributed by atoms with E-state index < -0.39 is 0 Å². The zero-order chi connectivity index (χ0) is 15.1. The van der Waals surface area contributed by atoms with Gasteiger partial charge in [0.25, 0.3) is 0 Å². The molecule has 0 saturated carbocycles. The number of benzene rings is 2. The van der Waals surface area contributed by atoms with Crippen molar-refractivity contribution in [1.29, 1.82) is 0 Å². The molecule has 0 radical (unpaired) electrons. The van der Waals surface area contributed by atoms with Gasteiger partial charge < -0.3 is 10.5 Å². The van der Waals surface area contributed by atoms with Crippen molar-refractivity contribution in [2.75, 3.05) is 25.9 Å². The van der Waals surface area contributed by atoms with Gasteiger partial charge in [-0.3, -0.25) is 10.00 Å². The van der Waals surface area contributed by atoms with Gasteiger partial charge in [0.1, 0.15) is 12.4 Å². The van der Waals surface area contributed by atoms with Crippen LogP contribution in [-0.4, -0.2) is 35.3 Å². The highest BCUT2D eigenvalue weighted by atomic mass is 16.5. The molecule has 0 unspecified atom stereocenters. The highest BCUT2D eigenvalue weighted by molar-refractivity contribution is 5.94. The van der Waals surface area contributed by atoms with E-state index in [0.29, 0.717) is 0 Å². The van der Waals surface area contributed by atoms with E-state index in [1.807, 2.05) is 24.3 Å². The number of nitrogen functional groups attached to an aromatic ring is 1. The molecule has 2 heterocycles. The molecule has 5 heteroatoms. The second kappa shape index (κ2) is 5.03. The van der Waals surface area contributed by atoms with Crippen molar-refractivity contribution in [2.45, 2.75) is 6.54 Å². The minimum Gasteiger partial charge on any atom is -0.492 e. The summed E-state index contributed by atoms with van der Waals surface area (Å²) in [4.78, 5) is 2.26. The molecule has 1 aliphatic heterocycles. The van der Waals surface area contributed by atoms with E-state index in [-0.39, 0.29) is 0 Å². The summed E-state index contributed by atoms with van der Waals surface area (Å²) in [6.45, 7) is 2.55. The second-order valence-corrected chi connectivity index (χ2v) is 5.79. The molecule has 0 fully saturated rings. The van der Waals surface area contributed by atoms with Gasteiger partial charge in [-0.2, -0.15) is 5.10 Å². The molecule has 4 rings (SSSR count). The Bertz CT molecular complexity index is 840. The molecule has 0 spiro atoms. The third-order valence-corrected chi connectivity index (χ3v) is 4.09. The van der Waals surface area contributed by atoms with Gasteiger partial charge in [0, 0.05) is 35.3 Å². The summed E-state index contributed by atoms with van der Waals surface area (Å²) in [5.74, 6) is 0.965. The lowest BCUT2D eigenvalue weighted by Gasteiger charge is -2.12. The summed E-state index contributed by atoms with van der Waals surface area (Å²) in [5.41, 5.74) is 10.8. The zero-order valence-corrected chi connectivity index (χ0v) is 12.5. The van der Waals surface area contributed by atoms with Crippen LogP contribution in [0.1, 0.15) is 5.56 Å². The van der Waals surface area contributed by atoms with Crippen LogP contribution in [0.3, 0.4) is 0 Å². The molecule has 112 valence electrons. The Hall–Kier alpha value is -2.53. The van der Waals surface area contributed by atoms with Crippen molar-refractivity contribution in [3.8, 4) is 17.0 Å². The summed E-state index contributed by atoms with van der Waals surface area (Å²) < 4.78 is 5.81. The Morgan fingerprint density at radius 3 is 3.05 bits per heavy atom. The number of anilines is 1. The van der Waals surface area contributed by atoms with Gasteiger partial charge in [-0.25, -0.2) is 0 Å². The van der Waals surface area contributed by atoms with Crippen molar-refractivity contribution in [2.24, 2.45) is 0 Å². The molecule has 1 aliphatic rings. The number of rotatable bonds is 1. The first-order valence-corrected chi connectivity index (χ1v) is 7.39. The number of H-pyrrole nitrogens is 1. The lowest BCUT2D eigenvalue weighted by atomic mass is 10.0. The molecule has 5 nitrogen and oxygen atoms in total. The molecule has 3 N–H and O–H groups in total. The maximum absolute atomic E-state index is 5.91. The average molecular weight is 294 g/mol. The van der Waals surface area contributed by atoms with E-state index in [2.05, 4.69) is 34.3 Å². The molecule has 0 saturated heterocycles. The Balaban J connectivity index is 1.83. The first-order valence-electron chi connectivity index (χ1n) is 7.39. The fraction of sp³-hybridized carbons (Fsp3) is 0.235. The molecule has 0 bridgehead atoms. The van der Waals surface area contributed by atoms with Crippen LogP contribution in [0, 0.1) is 0 Å². The van der Waals surface area contributed by atoms with Gasteiger partial charge in [0.15, 0.2) is 0 Å². The van der Waals surface area contributed by atoms with Crippen molar-refractivity contribution >= 4 is 16.6 Å². The number of ether oxygens (including phenoxy) is 1. The minimum atomic E-state index is 0.727. The number of fused-ring (bicyclic) bond motifs is 2. The standard InChI is InChI=1S/C17H18N4O/c1-21-6-7-22-16-5-2-11(8-12(16)10-21)17-14-9-13(18)3-4-15(14)19-20-17/h2-5,8-9H,6-7,10,18H2,1H3,(H,19,20). The van der Waals surface area contributed by atoms with Crippen molar-refractivity contribution in [1.82, 2.24) is 15.1 Å². The summed E-state index contributed by atoms with van der Waals surface area (Å²) in [5, 5.41) is 8.58. The Kier molecular flexibility index (Phi) is 3.01. The molecule has 0 atom stereocenters. The summed E-state index contributed by atoms with van der Waals surface area (Å²) in [7, 11) is 2.11. The fourth-order valence-electron chi connectivity index (χ4n) is 2.92. The topological polar surface area (TPSA) is 67.2 Å². The predicted molar refractivity (Wildman–Crippen MR) is 87.8 cm³/mol. The Morgan fingerprint density at radius 1 is 1.23 bits per heavy atom. The van der Waals surface area contributed by atoms with Crippen LogP contribution in [0.5, 0.6) is 5.75 Å². The molecule has 22 heavy (non-hydrogen) atoms. The van der Waals surface area contributed by atoms with Crippen LogP contribution in [0.2, 0.25) is 0 Å². The maximum Gasteiger partial charge on any atom is 0.123 e. The quantitative estimate of drug-likeness (QED) is 0.677. The number of nitrogens with two attached hydrogens (primary N) is 1. The number of likely N-dealkylation sites (N-methyl/N-ethyl adjacent to an activating group) is 1. The van der Waals surface area contributed by atoms with Crippen molar-refractivity contribution in [3.05, 3.63) is 42.0 Å². The highest BCUT2D eigenvalue weighted by Crippen LogP contribution is 2.32. The van der Waals surface area contributed by atoms with E-state index in [4.69, 9.17) is 10.5 Å². The first kappa shape index (κ1) is 13.2. The summed E-state index contributed by atoms with van der Waals surface area (Å²) in [6, 6.07) is 12.1. The van der Waals surface area contributed by atoms with E-state index in [1.165, 1.54) is 5.56 Å². The van der Waals surface area contributed by atoms with Gasteiger partial charge >= 0.3 is 0 Å². The molecule has 1 aromatic heterocycles. The van der Waals surface area contributed by atoms with Crippen LogP contribution >= 0.6 is 0 Å². The first-order chi connectivity index (χ1) is 10.7. The van der Waals surface area contributed by atoms with Crippen molar-refractivity contribution in [3.63, 3.8) is 0 Å². The number of hydrogen-bond acceptors (Lipinski definition) is 4. The van der Waals surface area contributed by atoms with E-state index >= 15 is 0 Å². The number of aromatic nitrogens is 2. The Labute approximate surface area is 128 Å². The molecular weight excluding hydrogens is 276 g/mol. The number of hydrogen-bond donors (Lipinski definition) is 2. The van der Waals surface area contributed by atoms with Gasteiger partial charge in [0.05, 0.1) is 11.2 Å². The monoisotopic (exact) mass is 294 g/mol. The van der Waals surface area contributed by atoms with E-state index in [0.717, 1.165) is 53.3 Å². The lowest BCUT2D eigenvalue weighted by Crippen LogP contribution is -2.20. The lowest BCUT2D eigenvalue weighted by molar-refractivity contribution is 0.259. The number of nitrogens with zero attached hydrogens (tertiary/aromatic N) is 2. The SMILES string of the molecule is CN1CCOc2ccc(-c3n[nH]c4ccc(N)cc34)cc2C1. The normalized spacial score (nSPS) is 15.3. The summed E-state index contributed by atoms with van der Waals surface area (Å²) >= 11 is 0. The average Bonchev–Trinajstić information content (AvgIpc) is 2.82. The highest BCUT2D eigenvalue weighted by Gasteiger charge is 2.15. The van der Waals surface area contributed by atoms with Crippen LogP contribution in [0.25, 0.3) is 22.2 Å². The Morgan fingerprint density at radius 2 is 2.14 bits per heavy atom. The maximum atomic E-state index is 5.91. The number of nitrogens with one attached hydrogen (secondary N) is 1. The largest absolute Gasteiger partial charge is 0.492 e. The zero-order valence-electron chi connectivity index (χ0n) is 12.5. The number of aromatic amines is 1.